The molecule has 8 heteroatoms. The molecule has 5 nitrogen and oxygen atoms in total. The minimum atomic E-state index is -0.256. The Hall–Kier alpha value is -1.70. The molecule has 3 rings (SSSR count). The summed E-state index contributed by atoms with van der Waals surface area (Å²) in [6.07, 6.45) is 3.09. The zero-order valence-corrected chi connectivity index (χ0v) is 17.9. The highest BCUT2D eigenvalue weighted by Crippen LogP contribution is 2.31. The number of likely N-dealkylation sites (tertiary alicyclic amines) is 1. The lowest BCUT2D eigenvalue weighted by molar-refractivity contribution is 0.240. The lowest BCUT2D eigenvalue weighted by Gasteiger charge is -2.29. The van der Waals surface area contributed by atoms with E-state index in [1.807, 2.05) is 6.92 Å². The quantitative estimate of drug-likeness (QED) is 0.525. The maximum atomic E-state index is 14.6. The fourth-order valence-electron chi connectivity index (χ4n) is 3.54. The first-order valence-corrected chi connectivity index (χ1v) is 10.9. The zero-order chi connectivity index (χ0) is 19.9. The van der Waals surface area contributed by atoms with Crippen LogP contribution in [0, 0.1) is 12.7 Å². The largest absolute Gasteiger partial charge is 0.356 e. The van der Waals surface area contributed by atoms with E-state index in [0.717, 1.165) is 49.6 Å². The van der Waals surface area contributed by atoms with Crippen molar-refractivity contribution in [1.82, 2.24) is 20.5 Å². The van der Waals surface area contributed by atoms with Crippen LogP contribution in [0.1, 0.15) is 35.1 Å². The molecule has 0 aliphatic carbocycles. The Morgan fingerprint density at radius 2 is 2.14 bits per heavy atom. The third kappa shape index (κ3) is 5.43. The van der Waals surface area contributed by atoms with E-state index in [1.54, 1.807) is 30.5 Å². The van der Waals surface area contributed by atoms with Crippen molar-refractivity contribution in [3.8, 4) is 0 Å². The summed E-state index contributed by atoms with van der Waals surface area (Å²) in [6, 6.07) is 4.76. The molecule has 1 unspecified atom stereocenters. The molecule has 1 saturated heterocycles. The van der Waals surface area contributed by atoms with Gasteiger partial charge in [0, 0.05) is 42.5 Å². The van der Waals surface area contributed by atoms with Crippen LogP contribution in [0.15, 0.2) is 28.6 Å². The van der Waals surface area contributed by atoms with Crippen molar-refractivity contribution in [1.29, 1.82) is 0 Å². The van der Waals surface area contributed by atoms with E-state index < -0.39 is 0 Å². The van der Waals surface area contributed by atoms with E-state index >= 15 is 0 Å². The van der Waals surface area contributed by atoms with Gasteiger partial charge in [0.15, 0.2) is 5.96 Å². The number of thiazole rings is 1. The highest BCUT2D eigenvalue weighted by atomic mass is 35.5. The number of benzene rings is 1. The van der Waals surface area contributed by atoms with Gasteiger partial charge in [-0.25, -0.2) is 9.37 Å². The molecular formula is C20H27ClFN5S. The van der Waals surface area contributed by atoms with Gasteiger partial charge in [-0.1, -0.05) is 17.7 Å². The van der Waals surface area contributed by atoms with Crippen molar-refractivity contribution >= 4 is 28.9 Å². The van der Waals surface area contributed by atoms with Crippen molar-refractivity contribution in [2.24, 2.45) is 4.99 Å². The standard InChI is InChI=1S/C20H27ClFN5S/c1-14-26-15(13-28-14)8-9-24-20(23-2)25-12-18(27-10-3-4-11-27)19-16(21)6-5-7-17(19)22/h5-7,13,18H,3-4,8-12H2,1-2H3,(H2,23,24,25). The van der Waals surface area contributed by atoms with Crippen LogP contribution in [0.4, 0.5) is 4.39 Å². The zero-order valence-electron chi connectivity index (χ0n) is 16.3. The van der Waals surface area contributed by atoms with Crippen molar-refractivity contribution in [3.63, 3.8) is 0 Å². The molecule has 28 heavy (non-hydrogen) atoms. The summed E-state index contributed by atoms with van der Waals surface area (Å²) in [7, 11) is 1.74. The van der Waals surface area contributed by atoms with Crippen LogP contribution >= 0.6 is 22.9 Å². The molecule has 2 heterocycles. The van der Waals surface area contributed by atoms with Crippen LogP contribution in [0.25, 0.3) is 0 Å². The Balaban J connectivity index is 1.61. The molecule has 1 aromatic heterocycles. The highest BCUT2D eigenvalue weighted by Gasteiger charge is 2.27. The van der Waals surface area contributed by atoms with E-state index in [9.17, 15) is 4.39 Å². The molecule has 2 N–H and O–H groups in total. The van der Waals surface area contributed by atoms with E-state index in [-0.39, 0.29) is 11.9 Å². The molecule has 1 aliphatic heterocycles. The van der Waals surface area contributed by atoms with Crippen LogP contribution in [0.5, 0.6) is 0 Å². The first-order chi connectivity index (χ1) is 13.6. The van der Waals surface area contributed by atoms with Crippen molar-refractivity contribution in [2.45, 2.75) is 32.2 Å². The molecular weight excluding hydrogens is 397 g/mol. The fraction of sp³-hybridized carbons (Fsp3) is 0.500. The van der Waals surface area contributed by atoms with E-state index in [2.05, 4.69) is 30.9 Å². The van der Waals surface area contributed by atoms with Gasteiger partial charge in [-0.3, -0.25) is 9.89 Å². The Morgan fingerprint density at radius 1 is 1.36 bits per heavy atom. The number of hydrogen-bond donors (Lipinski definition) is 2. The summed E-state index contributed by atoms with van der Waals surface area (Å²) in [5, 5.41) is 10.3. The van der Waals surface area contributed by atoms with Crippen molar-refractivity contribution in [3.05, 3.63) is 50.7 Å². The van der Waals surface area contributed by atoms with Gasteiger partial charge < -0.3 is 10.6 Å². The summed E-state index contributed by atoms with van der Waals surface area (Å²) in [5.41, 5.74) is 1.64. The van der Waals surface area contributed by atoms with Gasteiger partial charge >= 0.3 is 0 Å². The van der Waals surface area contributed by atoms with Gasteiger partial charge in [-0.15, -0.1) is 11.3 Å². The second kappa shape index (κ2) is 10.2. The van der Waals surface area contributed by atoms with Crippen LogP contribution < -0.4 is 10.6 Å². The molecule has 0 radical (unpaired) electrons. The van der Waals surface area contributed by atoms with Gasteiger partial charge in [0.1, 0.15) is 5.82 Å². The average Bonchev–Trinajstić information content (AvgIpc) is 3.34. The predicted molar refractivity (Wildman–Crippen MR) is 115 cm³/mol. The summed E-state index contributed by atoms with van der Waals surface area (Å²) < 4.78 is 14.6. The van der Waals surface area contributed by atoms with Gasteiger partial charge in [0.25, 0.3) is 0 Å². The number of guanidine groups is 1. The van der Waals surface area contributed by atoms with Gasteiger partial charge in [0.2, 0.25) is 0 Å². The minimum Gasteiger partial charge on any atom is -0.356 e. The number of rotatable bonds is 7. The minimum absolute atomic E-state index is 0.129. The van der Waals surface area contributed by atoms with Crippen molar-refractivity contribution in [2.75, 3.05) is 33.2 Å². The molecule has 0 amide bonds. The lowest BCUT2D eigenvalue weighted by atomic mass is 10.0. The molecule has 1 atom stereocenters. The van der Waals surface area contributed by atoms with Crippen molar-refractivity contribution < 1.29 is 4.39 Å². The summed E-state index contributed by atoms with van der Waals surface area (Å²) in [6.45, 7) is 5.18. The third-order valence-corrected chi connectivity index (χ3v) is 6.09. The third-order valence-electron chi connectivity index (χ3n) is 4.94. The number of halogens is 2. The molecule has 0 spiro atoms. The number of aromatic nitrogens is 1. The number of aliphatic imine (C=N–C) groups is 1. The van der Waals surface area contributed by atoms with Gasteiger partial charge in [-0.2, -0.15) is 0 Å². The summed E-state index contributed by atoms with van der Waals surface area (Å²) in [4.78, 5) is 11.1. The molecule has 1 aromatic carbocycles. The first kappa shape index (κ1) is 21.0. The number of aryl methyl sites for hydroxylation is 1. The predicted octanol–water partition coefficient (Wildman–Crippen LogP) is 3.79. The average molecular weight is 424 g/mol. The second-order valence-corrected chi connectivity index (χ2v) is 8.35. The van der Waals surface area contributed by atoms with Crippen LogP contribution in [-0.4, -0.2) is 49.1 Å². The van der Waals surface area contributed by atoms with E-state index in [4.69, 9.17) is 11.6 Å². The topological polar surface area (TPSA) is 52.6 Å². The Kier molecular flexibility index (Phi) is 7.65. The SMILES string of the molecule is CN=C(NCCc1csc(C)n1)NCC(c1c(F)cccc1Cl)N1CCCC1. The monoisotopic (exact) mass is 423 g/mol. The smallest absolute Gasteiger partial charge is 0.191 e. The van der Waals surface area contributed by atoms with E-state index in [1.165, 1.54) is 6.07 Å². The molecule has 0 saturated carbocycles. The van der Waals surface area contributed by atoms with Gasteiger partial charge in [-0.05, 0) is 45.0 Å². The Labute approximate surface area is 175 Å². The molecule has 0 bridgehead atoms. The number of hydrogen-bond acceptors (Lipinski definition) is 4. The van der Waals surface area contributed by atoms with E-state index in [0.29, 0.717) is 23.1 Å². The maximum absolute atomic E-state index is 14.6. The second-order valence-electron chi connectivity index (χ2n) is 6.88. The molecule has 152 valence electrons. The maximum Gasteiger partial charge on any atom is 0.191 e. The molecule has 1 aliphatic rings. The fourth-order valence-corrected chi connectivity index (χ4v) is 4.48. The van der Waals surface area contributed by atoms with Crippen LogP contribution in [0.3, 0.4) is 0 Å². The summed E-state index contributed by atoms with van der Waals surface area (Å²) >= 11 is 8.02. The molecule has 2 aromatic rings. The summed E-state index contributed by atoms with van der Waals surface area (Å²) in [5.74, 6) is 0.441. The highest BCUT2D eigenvalue weighted by molar-refractivity contribution is 7.09. The van der Waals surface area contributed by atoms with Gasteiger partial charge in [0.05, 0.1) is 16.7 Å². The van der Waals surface area contributed by atoms with Crippen LogP contribution in [0.2, 0.25) is 5.02 Å². The lowest BCUT2D eigenvalue weighted by Crippen LogP contribution is -2.43. The normalized spacial score (nSPS) is 16.4. The molecule has 1 fully saturated rings. The number of nitrogens with one attached hydrogen (secondary N) is 2. The Morgan fingerprint density at radius 3 is 2.79 bits per heavy atom. The first-order valence-electron chi connectivity index (χ1n) is 9.62. The van der Waals surface area contributed by atoms with Crippen LogP contribution in [-0.2, 0) is 6.42 Å². The number of nitrogens with zero attached hydrogens (tertiary/aromatic N) is 3. The Bertz CT molecular complexity index is 783.